The molecule has 0 aliphatic rings. The third kappa shape index (κ3) is 7.34. The van der Waals surface area contributed by atoms with E-state index >= 15 is 0 Å². The summed E-state index contributed by atoms with van der Waals surface area (Å²) in [4.78, 5) is 4.94. The second kappa shape index (κ2) is 9.76. The molecule has 0 spiro atoms. The maximum atomic E-state index is 3.60. The normalized spacial score (nSPS) is 15.7. The van der Waals surface area contributed by atoms with Crippen molar-refractivity contribution in [1.29, 1.82) is 0 Å². The van der Waals surface area contributed by atoms with E-state index in [9.17, 15) is 0 Å². The average Bonchev–Trinajstić information content (AvgIpc) is 2.25. The lowest BCUT2D eigenvalue weighted by Gasteiger charge is -2.37. The van der Waals surface area contributed by atoms with E-state index in [2.05, 4.69) is 63.8 Å². The molecule has 0 radical (unpaired) electrons. The van der Waals surface area contributed by atoms with Gasteiger partial charge in [-0.05, 0) is 34.0 Å². The summed E-state index contributed by atoms with van der Waals surface area (Å²) < 4.78 is 0. The first-order chi connectivity index (χ1) is 8.42. The highest BCUT2D eigenvalue weighted by atomic mass is 15.2. The van der Waals surface area contributed by atoms with Crippen LogP contribution in [0, 0.1) is 0 Å². The van der Waals surface area contributed by atoms with Gasteiger partial charge in [0.1, 0.15) is 0 Å². The van der Waals surface area contributed by atoms with Gasteiger partial charge in [-0.3, -0.25) is 4.90 Å². The zero-order chi connectivity index (χ0) is 14.1. The van der Waals surface area contributed by atoms with Crippen molar-refractivity contribution < 1.29 is 0 Å². The summed E-state index contributed by atoms with van der Waals surface area (Å²) in [7, 11) is 4.32. The van der Waals surface area contributed by atoms with E-state index in [1.54, 1.807) is 0 Å². The summed E-state index contributed by atoms with van der Waals surface area (Å²) in [5.41, 5.74) is 0. The van der Waals surface area contributed by atoms with Crippen LogP contribution in [0.5, 0.6) is 0 Å². The zero-order valence-corrected chi connectivity index (χ0v) is 13.7. The first-order valence-electron chi connectivity index (χ1n) is 7.56. The minimum absolute atomic E-state index is 0.576. The molecule has 110 valence electrons. The molecule has 0 aliphatic carbocycles. The van der Waals surface area contributed by atoms with Gasteiger partial charge in [-0.15, -0.1) is 0 Å². The van der Waals surface area contributed by atoms with Gasteiger partial charge in [-0.25, -0.2) is 0 Å². The summed E-state index contributed by atoms with van der Waals surface area (Å²) in [5.74, 6) is 0. The predicted molar refractivity (Wildman–Crippen MR) is 82.2 cm³/mol. The largest absolute Gasteiger partial charge is 0.313 e. The summed E-state index contributed by atoms with van der Waals surface area (Å²) in [5, 5.41) is 3.60. The van der Waals surface area contributed by atoms with E-state index in [0.29, 0.717) is 18.1 Å². The van der Waals surface area contributed by atoms with Crippen molar-refractivity contribution >= 4 is 0 Å². The van der Waals surface area contributed by atoms with E-state index in [1.807, 2.05) is 0 Å². The average molecular weight is 257 g/mol. The summed E-state index contributed by atoms with van der Waals surface area (Å²) in [6.07, 6.45) is 2.54. The quantitative estimate of drug-likeness (QED) is 0.648. The van der Waals surface area contributed by atoms with Crippen molar-refractivity contribution in [1.82, 2.24) is 15.1 Å². The van der Waals surface area contributed by atoms with Gasteiger partial charge in [-0.1, -0.05) is 34.1 Å². The van der Waals surface area contributed by atoms with Crippen LogP contribution in [0.1, 0.15) is 47.5 Å². The molecule has 0 aromatic rings. The van der Waals surface area contributed by atoms with Gasteiger partial charge < -0.3 is 10.2 Å². The Kier molecular flexibility index (Phi) is 9.70. The molecule has 0 rings (SSSR count). The lowest BCUT2D eigenvalue weighted by Crippen LogP contribution is -2.50. The Morgan fingerprint density at radius 2 is 1.67 bits per heavy atom. The Hall–Kier alpha value is -0.120. The molecule has 2 atom stereocenters. The van der Waals surface area contributed by atoms with Crippen molar-refractivity contribution in [2.45, 2.75) is 65.6 Å². The number of rotatable bonds is 10. The maximum absolute atomic E-state index is 3.60. The van der Waals surface area contributed by atoms with E-state index < -0.39 is 0 Å². The Morgan fingerprint density at radius 3 is 2.06 bits per heavy atom. The highest BCUT2D eigenvalue weighted by molar-refractivity contribution is 4.79. The van der Waals surface area contributed by atoms with Crippen LogP contribution in [0.2, 0.25) is 0 Å². The molecule has 2 unspecified atom stereocenters. The Morgan fingerprint density at radius 1 is 1.06 bits per heavy atom. The molecular weight excluding hydrogens is 222 g/mol. The molecule has 0 aromatic carbocycles. The molecule has 0 saturated heterocycles. The van der Waals surface area contributed by atoms with Gasteiger partial charge in [0, 0.05) is 31.2 Å². The van der Waals surface area contributed by atoms with Crippen LogP contribution in [0.15, 0.2) is 0 Å². The van der Waals surface area contributed by atoms with Gasteiger partial charge in [0.25, 0.3) is 0 Å². The van der Waals surface area contributed by atoms with Gasteiger partial charge in [0.15, 0.2) is 0 Å². The lowest BCUT2D eigenvalue weighted by atomic mass is 10.1. The maximum Gasteiger partial charge on any atom is 0.0223 e. The second-order valence-corrected chi connectivity index (χ2v) is 5.95. The Bertz CT molecular complexity index is 192. The van der Waals surface area contributed by atoms with Crippen molar-refractivity contribution in [3.8, 4) is 0 Å². The molecule has 3 heteroatoms. The molecule has 0 fully saturated rings. The van der Waals surface area contributed by atoms with Crippen LogP contribution in [-0.2, 0) is 0 Å². The number of likely N-dealkylation sites (N-methyl/N-ethyl adjacent to an activating group) is 2. The van der Waals surface area contributed by atoms with Crippen molar-refractivity contribution in [2.24, 2.45) is 0 Å². The zero-order valence-electron chi connectivity index (χ0n) is 13.7. The van der Waals surface area contributed by atoms with Crippen LogP contribution in [0.4, 0.5) is 0 Å². The van der Waals surface area contributed by atoms with Crippen molar-refractivity contribution in [3.05, 3.63) is 0 Å². The molecule has 1 N–H and O–H groups in total. The highest BCUT2D eigenvalue weighted by Gasteiger charge is 2.21. The topological polar surface area (TPSA) is 18.5 Å². The SMILES string of the molecule is CCCC(CNC(C)C)N(CC)C(C)CN(C)C. The first-order valence-corrected chi connectivity index (χ1v) is 7.56. The number of nitrogens with one attached hydrogen (secondary N) is 1. The van der Waals surface area contributed by atoms with Crippen LogP contribution in [0.25, 0.3) is 0 Å². The summed E-state index contributed by atoms with van der Waals surface area (Å²) in [6, 6.07) is 1.86. The number of hydrogen-bond donors (Lipinski definition) is 1. The fourth-order valence-corrected chi connectivity index (χ4v) is 2.65. The third-order valence-corrected chi connectivity index (χ3v) is 3.41. The monoisotopic (exact) mass is 257 g/mol. The van der Waals surface area contributed by atoms with Crippen LogP contribution < -0.4 is 5.32 Å². The predicted octanol–water partition coefficient (Wildman–Crippen LogP) is 2.43. The van der Waals surface area contributed by atoms with E-state index in [4.69, 9.17) is 0 Å². The number of hydrogen-bond acceptors (Lipinski definition) is 3. The van der Waals surface area contributed by atoms with Crippen molar-refractivity contribution in [2.75, 3.05) is 33.7 Å². The van der Waals surface area contributed by atoms with Gasteiger partial charge in [0.05, 0.1) is 0 Å². The third-order valence-electron chi connectivity index (χ3n) is 3.41. The molecular formula is C15H35N3. The van der Waals surface area contributed by atoms with Crippen LogP contribution in [0.3, 0.4) is 0 Å². The van der Waals surface area contributed by atoms with Crippen LogP contribution in [-0.4, -0.2) is 61.7 Å². The molecule has 3 nitrogen and oxygen atoms in total. The molecule has 0 heterocycles. The van der Waals surface area contributed by atoms with E-state index in [0.717, 1.165) is 19.6 Å². The van der Waals surface area contributed by atoms with E-state index in [1.165, 1.54) is 12.8 Å². The molecule has 18 heavy (non-hydrogen) atoms. The molecule has 0 bridgehead atoms. The Balaban J connectivity index is 4.48. The van der Waals surface area contributed by atoms with Gasteiger partial charge in [-0.2, -0.15) is 0 Å². The van der Waals surface area contributed by atoms with Gasteiger partial charge in [0.2, 0.25) is 0 Å². The van der Waals surface area contributed by atoms with E-state index in [-0.39, 0.29) is 0 Å². The molecule has 0 aromatic heterocycles. The van der Waals surface area contributed by atoms with Gasteiger partial charge >= 0.3 is 0 Å². The lowest BCUT2D eigenvalue weighted by molar-refractivity contribution is 0.117. The highest BCUT2D eigenvalue weighted by Crippen LogP contribution is 2.11. The summed E-state index contributed by atoms with van der Waals surface area (Å²) >= 11 is 0. The van der Waals surface area contributed by atoms with Crippen LogP contribution >= 0.6 is 0 Å². The smallest absolute Gasteiger partial charge is 0.0223 e. The minimum atomic E-state index is 0.576. The first kappa shape index (κ1) is 17.9. The second-order valence-electron chi connectivity index (χ2n) is 5.95. The Labute approximate surface area is 115 Å². The molecule has 0 aliphatic heterocycles. The summed E-state index contributed by atoms with van der Waals surface area (Å²) in [6.45, 7) is 14.7. The minimum Gasteiger partial charge on any atom is -0.313 e. The van der Waals surface area contributed by atoms with Crippen molar-refractivity contribution in [3.63, 3.8) is 0 Å². The fourth-order valence-electron chi connectivity index (χ4n) is 2.65. The fraction of sp³-hybridized carbons (Fsp3) is 1.00. The standard InChI is InChI=1S/C15H35N3/c1-8-10-15(11-16-13(3)4)18(9-2)14(5)12-17(6)7/h13-16H,8-12H2,1-7H3. The molecule has 0 amide bonds. The molecule has 0 saturated carbocycles. The number of nitrogens with zero attached hydrogens (tertiary/aromatic N) is 2.